The summed E-state index contributed by atoms with van der Waals surface area (Å²) >= 11 is 0. The van der Waals surface area contributed by atoms with Gasteiger partial charge in [0.25, 0.3) is 0 Å². The van der Waals surface area contributed by atoms with Gasteiger partial charge in [-0.1, -0.05) is 18.9 Å². The van der Waals surface area contributed by atoms with Gasteiger partial charge in [-0.25, -0.2) is 13.2 Å². The predicted octanol–water partition coefficient (Wildman–Crippen LogP) is 6.00. The molecular formula is C36H36F3N5O2. The van der Waals surface area contributed by atoms with Gasteiger partial charge >= 0.3 is 6.01 Å². The Bertz CT molecular complexity index is 1940. The monoisotopic (exact) mass is 627 g/mol. The van der Waals surface area contributed by atoms with E-state index in [4.69, 9.17) is 16.1 Å². The third kappa shape index (κ3) is 4.58. The van der Waals surface area contributed by atoms with Gasteiger partial charge in [-0.05, 0) is 80.8 Å². The molecule has 1 aliphatic carbocycles. The fourth-order valence-electron chi connectivity index (χ4n) is 8.42. The van der Waals surface area contributed by atoms with E-state index in [0.29, 0.717) is 30.9 Å². The smallest absolute Gasteiger partial charge is 0.319 e. The Hall–Kier alpha value is -4.07. The summed E-state index contributed by atoms with van der Waals surface area (Å²) in [5.41, 5.74) is -0.673. The molecule has 4 fully saturated rings. The van der Waals surface area contributed by atoms with E-state index in [-0.39, 0.29) is 62.1 Å². The minimum Gasteiger partial charge on any atom is -0.508 e. The highest BCUT2D eigenvalue weighted by Crippen LogP contribution is 2.63. The lowest BCUT2D eigenvalue weighted by Gasteiger charge is -2.45. The van der Waals surface area contributed by atoms with Gasteiger partial charge in [0.1, 0.15) is 28.7 Å². The summed E-state index contributed by atoms with van der Waals surface area (Å²) in [6.07, 6.45) is 11.1. The molecule has 2 N–H and O–H groups in total. The molecular weight excluding hydrogens is 591 g/mol. The van der Waals surface area contributed by atoms with Crippen molar-refractivity contribution in [2.45, 2.75) is 51.1 Å². The van der Waals surface area contributed by atoms with E-state index >= 15 is 8.78 Å². The first-order valence-electron chi connectivity index (χ1n) is 16.0. The number of phenolic OH excluding ortho intramolecular Hbond substituents is 1. The van der Waals surface area contributed by atoms with Crippen molar-refractivity contribution in [1.82, 2.24) is 20.2 Å². The van der Waals surface area contributed by atoms with Crippen LogP contribution in [0.3, 0.4) is 0 Å². The van der Waals surface area contributed by atoms with Crippen LogP contribution in [0.4, 0.5) is 19.0 Å². The molecule has 3 saturated heterocycles. The number of benzene rings is 3. The topological polar surface area (TPSA) is 73.8 Å². The van der Waals surface area contributed by atoms with Gasteiger partial charge in [-0.2, -0.15) is 9.97 Å². The van der Waals surface area contributed by atoms with Gasteiger partial charge in [0.15, 0.2) is 5.82 Å². The minimum absolute atomic E-state index is 0.0335. The van der Waals surface area contributed by atoms with Crippen molar-refractivity contribution in [2.24, 2.45) is 10.8 Å². The van der Waals surface area contributed by atoms with Crippen molar-refractivity contribution in [3.05, 3.63) is 53.3 Å². The maximum absolute atomic E-state index is 16.9. The molecule has 3 aliphatic heterocycles. The molecule has 238 valence electrons. The third-order valence-electron chi connectivity index (χ3n) is 11.1. The maximum atomic E-state index is 16.9. The number of nitrogens with one attached hydrogen (secondary N) is 1. The summed E-state index contributed by atoms with van der Waals surface area (Å²) in [6, 6.07) is 6.97. The fraction of sp³-hybridized carbons (Fsp3) is 0.444. The van der Waals surface area contributed by atoms with Crippen LogP contribution in [0.25, 0.3) is 32.8 Å². The van der Waals surface area contributed by atoms with Crippen LogP contribution < -0.4 is 15.0 Å². The van der Waals surface area contributed by atoms with Crippen molar-refractivity contribution in [2.75, 3.05) is 44.7 Å². The Morgan fingerprint density at radius 2 is 1.83 bits per heavy atom. The zero-order chi connectivity index (χ0) is 32.0. The number of phenols is 1. The summed E-state index contributed by atoms with van der Waals surface area (Å²) < 4.78 is 54.4. The average molecular weight is 628 g/mol. The Morgan fingerprint density at radius 3 is 2.54 bits per heavy atom. The molecule has 1 saturated carbocycles. The van der Waals surface area contributed by atoms with E-state index < -0.39 is 23.0 Å². The summed E-state index contributed by atoms with van der Waals surface area (Å²) in [5, 5.41) is 14.9. The number of fused-ring (bicyclic) bond motifs is 4. The van der Waals surface area contributed by atoms with E-state index in [9.17, 15) is 9.50 Å². The number of piperidine rings is 1. The number of piperazine rings is 1. The summed E-state index contributed by atoms with van der Waals surface area (Å²) in [5.74, 6) is -0.0434. The van der Waals surface area contributed by atoms with Gasteiger partial charge in [-0.3, -0.25) is 0 Å². The molecule has 10 heteroatoms. The van der Waals surface area contributed by atoms with E-state index in [1.807, 2.05) is 0 Å². The molecule has 0 unspecified atom stereocenters. The van der Waals surface area contributed by atoms with Gasteiger partial charge in [0.2, 0.25) is 0 Å². The molecule has 4 aliphatic rings. The van der Waals surface area contributed by atoms with Gasteiger partial charge in [0.05, 0.1) is 17.7 Å². The number of hydrogen-bond donors (Lipinski definition) is 2. The van der Waals surface area contributed by atoms with Crippen LogP contribution in [0, 0.1) is 40.6 Å². The quantitative estimate of drug-likeness (QED) is 0.263. The number of aromatic nitrogens is 2. The number of hydrogen-bond acceptors (Lipinski definition) is 7. The van der Waals surface area contributed by atoms with Crippen LogP contribution >= 0.6 is 0 Å². The number of anilines is 1. The first kappa shape index (κ1) is 29.3. The summed E-state index contributed by atoms with van der Waals surface area (Å²) in [4.78, 5) is 13.8. The van der Waals surface area contributed by atoms with Gasteiger partial charge < -0.3 is 25.0 Å². The van der Waals surface area contributed by atoms with E-state index in [1.54, 1.807) is 0 Å². The van der Waals surface area contributed by atoms with Crippen LogP contribution in [0.1, 0.15) is 44.6 Å². The minimum atomic E-state index is -0.956. The van der Waals surface area contributed by atoms with Crippen LogP contribution in [0.2, 0.25) is 0 Å². The van der Waals surface area contributed by atoms with Crippen molar-refractivity contribution >= 4 is 27.5 Å². The number of ether oxygens (including phenoxy) is 1. The first-order chi connectivity index (χ1) is 22.1. The van der Waals surface area contributed by atoms with Crippen molar-refractivity contribution in [3.8, 4) is 35.2 Å². The van der Waals surface area contributed by atoms with Crippen LogP contribution in [-0.2, 0) is 0 Å². The van der Waals surface area contributed by atoms with E-state index in [2.05, 4.69) is 40.0 Å². The number of nitrogens with zero attached hydrogens (tertiary/aromatic N) is 4. The molecule has 4 aromatic rings. The molecule has 1 aromatic heterocycles. The number of likely N-dealkylation sites (tertiary alicyclic amines) is 1. The second kappa shape index (κ2) is 10.5. The lowest BCUT2D eigenvalue weighted by atomic mass is 9.70. The number of rotatable bonds is 5. The predicted molar refractivity (Wildman–Crippen MR) is 171 cm³/mol. The Balaban J connectivity index is 1.30. The number of halogens is 3. The van der Waals surface area contributed by atoms with Crippen LogP contribution in [0.5, 0.6) is 11.8 Å². The standard InChI is InChI=1S/C36H36F3N5O2/c1-4-24-27(37)8-5-20-13-23(45)14-25(29(20)24)30-28(38)15-26-32(31(30)39)41-34(42-33(26)44-16-21-6-7-22(17-44)40-21)46-19-35(2)18-43(3)12-11-36(35)9-10-36/h1,5,8,13-15,21-22,40,45H,6-7,9-12,16-19H2,2-3H3/t21-,22+,35-/m0/s1. The zero-order valence-corrected chi connectivity index (χ0v) is 26.0. The lowest BCUT2D eigenvalue weighted by Crippen LogP contribution is -2.51. The Labute approximate surface area is 265 Å². The zero-order valence-electron chi connectivity index (χ0n) is 26.0. The highest BCUT2D eigenvalue weighted by Gasteiger charge is 2.58. The molecule has 4 heterocycles. The van der Waals surface area contributed by atoms with Gasteiger partial charge in [0, 0.05) is 53.5 Å². The SMILES string of the molecule is C#Cc1c(F)ccc2cc(O)cc(-c3c(F)cc4c(N5C[C@H]6CC[C@@H](C5)N6)nc(OC[C@]5(C)CN(C)CCC56CC6)nc4c3F)c12. The number of aromatic hydroxyl groups is 1. The van der Waals surface area contributed by atoms with Crippen molar-refractivity contribution in [3.63, 3.8) is 0 Å². The summed E-state index contributed by atoms with van der Waals surface area (Å²) in [6.45, 7) is 5.81. The Morgan fingerprint density at radius 1 is 1.07 bits per heavy atom. The third-order valence-corrected chi connectivity index (χ3v) is 11.1. The molecule has 7 nitrogen and oxygen atoms in total. The van der Waals surface area contributed by atoms with Crippen LogP contribution in [0.15, 0.2) is 30.3 Å². The maximum Gasteiger partial charge on any atom is 0.319 e. The molecule has 3 aromatic carbocycles. The first-order valence-corrected chi connectivity index (χ1v) is 16.0. The Kier molecular flexibility index (Phi) is 6.68. The lowest BCUT2D eigenvalue weighted by molar-refractivity contribution is -0.00421. The average Bonchev–Trinajstić information content (AvgIpc) is 3.75. The second-order valence-electron chi connectivity index (χ2n) is 14.1. The van der Waals surface area contributed by atoms with Gasteiger partial charge in [-0.15, -0.1) is 6.42 Å². The molecule has 0 amide bonds. The van der Waals surface area contributed by atoms with Crippen molar-refractivity contribution < 1.29 is 23.0 Å². The number of terminal acetylenes is 1. The highest BCUT2D eigenvalue weighted by atomic mass is 19.1. The molecule has 0 radical (unpaired) electrons. The van der Waals surface area contributed by atoms with E-state index in [1.165, 1.54) is 30.3 Å². The molecule has 46 heavy (non-hydrogen) atoms. The highest BCUT2D eigenvalue weighted by molar-refractivity contribution is 6.04. The molecule has 2 bridgehead atoms. The normalized spacial score (nSPS) is 25.3. The second-order valence-corrected chi connectivity index (χ2v) is 14.1. The van der Waals surface area contributed by atoms with Crippen molar-refractivity contribution in [1.29, 1.82) is 0 Å². The molecule has 3 atom stereocenters. The van der Waals surface area contributed by atoms with Crippen LogP contribution in [-0.4, -0.2) is 71.9 Å². The van der Waals surface area contributed by atoms with E-state index in [0.717, 1.165) is 45.2 Å². The fourth-order valence-corrected chi connectivity index (χ4v) is 8.42. The largest absolute Gasteiger partial charge is 0.508 e. The molecule has 8 rings (SSSR count). The molecule has 1 spiro atoms. The summed E-state index contributed by atoms with van der Waals surface area (Å²) in [7, 11) is 2.12.